The number of fused-ring (bicyclic) bond motifs is 2. The van der Waals surface area contributed by atoms with E-state index in [0.717, 1.165) is 53.1 Å². The molecule has 0 saturated heterocycles. The molecule has 0 fully saturated rings. The number of carbonyl (C=O) groups excluding carboxylic acids is 1. The summed E-state index contributed by atoms with van der Waals surface area (Å²) in [6.07, 6.45) is 3.04. The monoisotopic (exact) mass is 430 g/mol. The van der Waals surface area contributed by atoms with Crippen LogP contribution in [0.4, 0.5) is 11.5 Å². The zero-order chi connectivity index (χ0) is 21.2. The Morgan fingerprint density at radius 1 is 1.10 bits per heavy atom. The molecule has 0 radical (unpaired) electrons. The van der Waals surface area contributed by atoms with Crippen molar-refractivity contribution < 1.29 is 4.79 Å². The van der Waals surface area contributed by atoms with Crippen molar-refractivity contribution in [3.8, 4) is 11.5 Å². The summed E-state index contributed by atoms with van der Waals surface area (Å²) in [6.45, 7) is 1.56. The molecule has 1 aliphatic heterocycles. The molecule has 4 N–H and O–H groups in total. The fourth-order valence-electron chi connectivity index (χ4n) is 3.84. The van der Waals surface area contributed by atoms with Crippen LogP contribution < -0.4 is 16.4 Å². The lowest BCUT2D eigenvalue weighted by atomic mass is 10.1. The molecule has 7 nitrogen and oxygen atoms in total. The molecule has 3 heterocycles. The van der Waals surface area contributed by atoms with Crippen molar-refractivity contribution in [1.82, 2.24) is 14.3 Å². The quantitative estimate of drug-likeness (QED) is 0.438. The first-order valence-corrected chi connectivity index (χ1v) is 11.1. The maximum Gasteiger partial charge on any atom is 0.250 e. The summed E-state index contributed by atoms with van der Waals surface area (Å²) in [4.78, 5) is 21.5. The van der Waals surface area contributed by atoms with Crippen molar-refractivity contribution >= 4 is 39.0 Å². The number of hydrogen-bond donors (Lipinski definition) is 3. The van der Waals surface area contributed by atoms with E-state index in [1.54, 1.807) is 6.07 Å². The number of nitrogens with two attached hydrogens (primary N) is 1. The van der Waals surface area contributed by atoms with Gasteiger partial charge in [0.2, 0.25) is 5.91 Å². The number of hydrogen-bond acceptors (Lipinski definition) is 7. The molecular weight excluding hydrogens is 408 g/mol. The molecule has 0 spiro atoms. The van der Waals surface area contributed by atoms with E-state index in [2.05, 4.69) is 27.1 Å². The van der Waals surface area contributed by atoms with Crippen LogP contribution >= 0.6 is 11.5 Å². The summed E-state index contributed by atoms with van der Waals surface area (Å²) >= 11 is 1.25. The van der Waals surface area contributed by atoms with E-state index in [4.69, 9.17) is 15.7 Å². The van der Waals surface area contributed by atoms with Gasteiger partial charge in [0, 0.05) is 18.5 Å². The third kappa shape index (κ3) is 3.82. The highest BCUT2D eigenvalue weighted by atomic mass is 32.1. The third-order valence-electron chi connectivity index (χ3n) is 5.40. The maximum atomic E-state index is 11.8. The van der Waals surface area contributed by atoms with Crippen molar-refractivity contribution in [2.45, 2.75) is 25.8 Å². The van der Waals surface area contributed by atoms with Gasteiger partial charge >= 0.3 is 0 Å². The van der Waals surface area contributed by atoms with Crippen LogP contribution in [0, 0.1) is 0 Å². The normalized spacial score (nSPS) is 13.3. The molecule has 2 aromatic carbocycles. The Hall–Kier alpha value is -3.52. The molecule has 4 aromatic rings. The Kier molecular flexibility index (Phi) is 5.21. The molecule has 156 valence electrons. The molecule has 0 atom stereocenters. The lowest BCUT2D eigenvalue weighted by molar-refractivity contribution is 0.100. The molecule has 2 aromatic heterocycles. The minimum absolute atomic E-state index is 0.460. The highest BCUT2D eigenvalue weighted by Crippen LogP contribution is 2.35. The number of amides is 1. The second-order valence-corrected chi connectivity index (χ2v) is 8.29. The van der Waals surface area contributed by atoms with E-state index in [1.807, 2.05) is 30.3 Å². The average Bonchev–Trinajstić information content (AvgIpc) is 3.08. The summed E-state index contributed by atoms with van der Waals surface area (Å²) in [5.41, 5.74) is 9.83. The number of aromatic nitrogens is 3. The molecule has 0 aliphatic carbocycles. The van der Waals surface area contributed by atoms with Crippen LogP contribution in [0.5, 0.6) is 0 Å². The minimum atomic E-state index is -0.460. The van der Waals surface area contributed by atoms with Gasteiger partial charge in [-0.25, -0.2) is 9.97 Å². The van der Waals surface area contributed by atoms with E-state index in [1.165, 1.54) is 17.1 Å². The van der Waals surface area contributed by atoms with Crippen LogP contribution in [-0.4, -0.2) is 26.8 Å². The highest BCUT2D eigenvalue weighted by Gasteiger charge is 2.21. The molecule has 5 rings (SSSR count). The van der Waals surface area contributed by atoms with Gasteiger partial charge in [-0.2, -0.15) is 4.37 Å². The van der Waals surface area contributed by atoms with E-state index >= 15 is 0 Å². The van der Waals surface area contributed by atoms with Crippen molar-refractivity contribution in [3.63, 3.8) is 0 Å². The van der Waals surface area contributed by atoms with Gasteiger partial charge < -0.3 is 16.4 Å². The van der Waals surface area contributed by atoms with Gasteiger partial charge in [-0.05, 0) is 42.4 Å². The van der Waals surface area contributed by atoms with Gasteiger partial charge in [0.25, 0.3) is 0 Å². The van der Waals surface area contributed by atoms with Gasteiger partial charge in [-0.3, -0.25) is 4.79 Å². The van der Waals surface area contributed by atoms with Crippen LogP contribution in [0.1, 0.15) is 34.5 Å². The first-order valence-electron chi connectivity index (χ1n) is 10.3. The summed E-state index contributed by atoms with van der Waals surface area (Å²) in [7, 11) is 0. The molecule has 1 aliphatic rings. The van der Waals surface area contributed by atoms with Crippen LogP contribution in [0.2, 0.25) is 0 Å². The molecule has 0 bridgehead atoms. The fraction of sp³-hybridized carbons (Fsp3) is 0.217. The summed E-state index contributed by atoms with van der Waals surface area (Å²) in [6, 6.07) is 15.7. The first kappa shape index (κ1) is 19.4. The number of anilines is 2. The summed E-state index contributed by atoms with van der Waals surface area (Å²) in [5, 5.41) is 7.83. The van der Waals surface area contributed by atoms with Gasteiger partial charge in [0.15, 0.2) is 11.6 Å². The SMILES string of the molecule is NC(=O)c1cccc2c(-c3nc4c(c(NCc5ccccc5)n3)NCCCC4)nsc12. The second kappa shape index (κ2) is 8.31. The zero-order valence-electron chi connectivity index (χ0n) is 16.9. The lowest BCUT2D eigenvalue weighted by Crippen LogP contribution is -2.11. The first-order chi connectivity index (χ1) is 15.2. The number of nitrogens with zero attached hydrogens (tertiary/aromatic N) is 3. The molecule has 31 heavy (non-hydrogen) atoms. The van der Waals surface area contributed by atoms with Crippen molar-refractivity contribution in [2.75, 3.05) is 17.2 Å². The van der Waals surface area contributed by atoms with Crippen LogP contribution in [0.15, 0.2) is 48.5 Å². The largest absolute Gasteiger partial charge is 0.381 e. The Morgan fingerprint density at radius 2 is 1.97 bits per heavy atom. The average molecular weight is 431 g/mol. The molecule has 0 unspecified atom stereocenters. The summed E-state index contributed by atoms with van der Waals surface area (Å²) in [5.74, 6) is 0.877. The number of primary amides is 1. The predicted octanol–water partition coefficient (Wildman–Crippen LogP) is 4.21. The molecular formula is C23H22N6OS. The highest BCUT2D eigenvalue weighted by molar-refractivity contribution is 7.14. The van der Waals surface area contributed by atoms with Crippen molar-refractivity contribution in [3.05, 3.63) is 65.4 Å². The fourth-order valence-corrected chi connectivity index (χ4v) is 4.73. The maximum absolute atomic E-state index is 11.8. The van der Waals surface area contributed by atoms with Crippen LogP contribution in [-0.2, 0) is 13.0 Å². The molecule has 8 heteroatoms. The molecule has 1 amide bonds. The third-order valence-corrected chi connectivity index (χ3v) is 6.30. The lowest BCUT2D eigenvalue weighted by Gasteiger charge is -2.15. The van der Waals surface area contributed by atoms with Crippen molar-refractivity contribution in [1.29, 1.82) is 0 Å². The number of nitrogens with one attached hydrogen (secondary N) is 2. The van der Waals surface area contributed by atoms with Crippen molar-refractivity contribution in [2.24, 2.45) is 5.73 Å². The Labute approximate surface area is 183 Å². The van der Waals surface area contributed by atoms with Gasteiger partial charge in [-0.15, -0.1) is 0 Å². The minimum Gasteiger partial charge on any atom is -0.381 e. The molecule has 0 saturated carbocycles. The van der Waals surface area contributed by atoms with E-state index in [-0.39, 0.29) is 0 Å². The van der Waals surface area contributed by atoms with E-state index in [9.17, 15) is 4.79 Å². The predicted molar refractivity (Wildman–Crippen MR) is 124 cm³/mol. The Bertz CT molecular complexity index is 1250. The van der Waals surface area contributed by atoms with Gasteiger partial charge in [0.05, 0.1) is 21.6 Å². The van der Waals surface area contributed by atoms with Crippen LogP contribution in [0.25, 0.3) is 21.6 Å². The van der Waals surface area contributed by atoms with Crippen LogP contribution in [0.3, 0.4) is 0 Å². The zero-order valence-corrected chi connectivity index (χ0v) is 17.7. The van der Waals surface area contributed by atoms with Gasteiger partial charge in [-0.1, -0.05) is 42.5 Å². The number of aryl methyl sites for hydroxylation is 1. The number of carbonyl (C=O) groups is 1. The smallest absolute Gasteiger partial charge is 0.250 e. The Balaban J connectivity index is 1.59. The number of benzene rings is 2. The topological polar surface area (TPSA) is 106 Å². The second-order valence-electron chi connectivity index (χ2n) is 7.52. The summed E-state index contributed by atoms with van der Waals surface area (Å²) < 4.78 is 5.37. The Morgan fingerprint density at radius 3 is 2.81 bits per heavy atom. The standard InChI is InChI=1S/C23H22N6OS/c24-21(30)16-10-6-9-15-18(29-31-20(15)16)23-27-17-11-4-5-12-25-19(17)22(28-23)26-13-14-7-2-1-3-8-14/h1-3,6-10,25H,4-5,11-13H2,(H2,24,30)(H,26,27,28). The van der Waals surface area contributed by atoms with E-state index in [0.29, 0.717) is 23.6 Å². The van der Waals surface area contributed by atoms with E-state index < -0.39 is 5.91 Å². The number of rotatable bonds is 5. The van der Waals surface area contributed by atoms with Gasteiger partial charge in [0.1, 0.15) is 5.69 Å².